The zero-order valence-electron chi connectivity index (χ0n) is 11.6. The Kier molecular flexibility index (Phi) is 3.19. The summed E-state index contributed by atoms with van der Waals surface area (Å²) in [6.07, 6.45) is 5.17. The highest BCUT2D eigenvalue weighted by Crippen LogP contribution is 2.38. The Balaban J connectivity index is 2.44. The molecule has 1 fully saturated rings. The van der Waals surface area contributed by atoms with Gasteiger partial charge < -0.3 is 10.3 Å². The van der Waals surface area contributed by atoms with E-state index in [9.17, 15) is 0 Å². The van der Waals surface area contributed by atoms with Gasteiger partial charge in [0, 0.05) is 17.9 Å². The van der Waals surface area contributed by atoms with Gasteiger partial charge in [-0.25, -0.2) is 4.98 Å². The lowest BCUT2D eigenvalue weighted by Gasteiger charge is -2.19. The monoisotopic (exact) mass is 235 g/mol. The van der Waals surface area contributed by atoms with Crippen molar-refractivity contribution in [2.45, 2.75) is 71.3 Å². The van der Waals surface area contributed by atoms with E-state index in [1.54, 1.807) is 0 Å². The van der Waals surface area contributed by atoms with E-state index in [2.05, 4.69) is 32.3 Å². The Morgan fingerprint density at radius 3 is 2.29 bits per heavy atom. The Labute approximate surface area is 104 Å². The van der Waals surface area contributed by atoms with Crippen LogP contribution >= 0.6 is 0 Å². The van der Waals surface area contributed by atoms with Gasteiger partial charge >= 0.3 is 0 Å². The largest absolute Gasteiger partial charge is 0.384 e. The van der Waals surface area contributed by atoms with Crippen molar-refractivity contribution in [1.82, 2.24) is 9.55 Å². The Bertz CT molecular complexity index is 392. The lowest BCUT2D eigenvalue weighted by Crippen LogP contribution is -2.19. The van der Waals surface area contributed by atoms with Crippen molar-refractivity contribution in [2.24, 2.45) is 0 Å². The number of nitrogens with two attached hydrogens (primary N) is 1. The number of aromatic nitrogens is 2. The molecule has 0 unspecified atom stereocenters. The predicted molar refractivity (Wildman–Crippen MR) is 72.2 cm³/mol. The fourth-order valence-electron chi connectivity index (χ4n) is 2.88. The summed E-state index contributed by atoms with van der Waals surface area (Å²) in [6, 6.07) is 0. The van der Waals surface area contributed by atoms with E-state index < -0.39 is 0 Å². The van der Waals surface area contributed by atoms with Crippen molar-refractivity contribution >= 4 is 5.82 Å². The Hall–Kier alpha value is -0.990. The summed E-state index contributed by atoms with van der Waals surface area (Å²) in [5.41, 5.74) is 7.52. The van der Waals surface area contributed by atoms with E-state index in [0.717, 1.165) is 23.9 Å². The van der Waals surface area contributed by atoms with E-state index in [-0.39, 0.29) is 5.41 Å². The van der Waals surface area contributed by atoms with Crippen molar-refractivity contribution in [3.63, 3.8) is 0 Å². The zero-order valence-corrected chi connectivity index (χ0v) is 11.6. The van der Waals surface area contributed by atoms with Crippen LogP contribution in [0.15, 0.2) is 0 Å². The van der Waals surface area contributed by atoms with E-state index in [1.165, 1.54) is 25.7 Å². The highest BCUT2D eigenvalue weighted by molar-refractivity contribution is 5.42. The van der Waals surface area contributed by atoms with Gasteiger partial charge in [0.25, 0.3) is 0 Å². The van der Waals surface area contributed by atoms with Crippen molar-refractivity contribution in [3.8, 4) is 0 Å². The molecular weight excluding hydrogens is 210 g/mol. The van der Waals surface area contributed by atoms with Gasteiger partial charge in [-0.2, -0.15) is 0 Å². The lowest BCUT2D eigenvalue weighted by molar-refractivity contribution is 0.507. The molecule has 1 saturated carbocycles. The number of anilines is 1. The molecule has 0 aliphatic heterocycles. The molecule has 1 heterocycles. The smallest absolute Gasteiger partial charge is 0.127 e. The molecule has 0 atom stereocenters. The molecule has 1 aromatic heterocycles. The third kappa shape index (κ3) is 2.20. The number of imidazole rings is 1. The minimum atomic E-state index is 0.0704. The zero-order chi connectivity index (χ0) is 12.6. The maximum Gasteiger partial charge on any atom is 0.127 e. The molecule has 0 saturated heterocycles. The average molecular weight is 235 g/mol. The summed E-state index contributed by atoms with van der Waals surface area (Å²) >= 11 is 0. The van der Waals surface area contributed by atoms with Gasteiger partial charge in [-0.05, 0) is 19.8 Å². The number of hydrogen-bond acceptors (Lipinski definition) is 2. The van der Waals surface area contributed by atoms with Crippen LogP contribution in [0.1, 0.15) is 70.8 Å². The van der Waals surface area contributed by atoms with E-state index in [0.29, 0.717) is 5.92 Å². The number of nitrogens with zero attached hydrogens (tertiary/aromatic N) is 2. The molecule has 0 spiro atoms. The van der Waals surface area contributed by atoms with Gasteiger partial charge in [0.15, 0.2) is 0 Å². The molecule has 0 aromatic carbocycles. The van der Waals surface area contributed by atoms with Crippen LogP contribution < -0.4 is 5.73 Å². The van der Waals surface area contributed by atoms with Crippen molar-refractivity contribution < 1.29 is 0 Å². The highest BCUT2D eigenvalue weighted by atomic mass is 15.1. The third-order valence-electron chi connectivity index (χ3n) is 3.76. The molecule has 17 heavy (non-hydrogen) atoms. The van der Waals surface area contributed by atoms with Crippen molar-refractivity contribution in [2.75, 3.05) is 5.73 Å². The molecular formula is C14H25N3. The minimum Gasteiger partial charge on any atom is -0.384 e. The van der Waals surface area contributed by atoms with Gasteiger partial charge in [0.2, 0.25) is 0 Å². The van der Waals surface area contributed by atoms with Gasteiger partial charge in [-0.3, -0.25) is 0 Å². The molecule has 2 N–H and O–H groups in total. The molecule has 1 aliphatic rings. The predicted octanol–water partition coefficient (Wildman–Crippen LogP) is 3.44. The van der Waals surface area contributed by atoms with Crippen LogP contribution in [-0.4, -0.2) is 9.55 Å². The van der Waals surface area contributed by atoms with Crippen LogP contribution in [0.3, 0.4) is 0 Å². The van der Waals surface area contributed by atoms with Crippen LogP contribution in [0.5, 0.6) is 0 Å². The molecule has 3 heteroatoms. The van der Waals surface area contributed by atoms with Crippen molar-refractivity contribution in [1.29, 1.82) is 0 Å². The van der Waals surface area contributed by atoms with Crippen LogP contribution in [-0.2, 0) is 12.0 Å². The summed E-state index contributed by atoms with van der Waals surface area (Å²) in [7, 11) is 0. The second kappa shape index (κ2) is 4.35. The first kappa shape index (κ1) is 12.5. The lowest BCUT2D eigenvalue weighted by atomic mass is 9.95. The topological polar surface area (TPSA) is 43.8 Å². The van der Waals surface area contributed by atoms with E-state index >= 15 is 0 Å². The molecule has 0 amide bonds. The second-order valence-corrected chi connectivity index (χ2v) is 6.18. The summed E-state index contributed by atoms with van der Waals surface area (Å²) in [5.74, 6) is 2.65. The number of hydrogen-bond donors (Lipinski definition) is 1. The van der Waals surface area contributed by atoms with Gasteiger partial charge in [-0.15, -0.1) is 0 Å². The maximum absolute atomic E-state index is 6.29. The first-order valence-corrected chi connectivity index (χ1v) is 6.81. The van der Waals surface area contributed by atoms with Crippen LogP contribution in [0.4, 0.5) is 5.82 Å². The minimum absolute atomic E-state index is 0.0704. The fourth-order valence-corrected chi connectivity index (χ4v) is 2.88. The molecule has 0 bridgehead atoms. The number of rotatable bonds is 2. The summed E-state index contributed by atoms with van der Waals surface area (Å²) in [6.45, 7) is 9.68. The average Bonchev–Trinajstić information content (AvgIpc) is 2.82. The first-order valence-electron chi connectivity index (χ1n) is 6.81. The molecule has 1 aromatic rings. The summed E-state index contributed by atoms with van der Waals surface area (Å²) < 4.78 is 2.19. The van der Waals surface area contributed by atoms with Gasteiger partial charge in [0.05, 0.1) is 5.69 Å². The quantitative estimate of drug-likeness (QED) is 0.853. The second-order valence-electron chi connectivity index (χ2n) is 6.18. The third-order valence-corrected chi connectivity index (χ3v) is 3.76. The van der Waals surface area contributed by atoms with Crippen molar-refractivity contribution in [3.05, 3.63) is 11.5 Å². The highest BCUT2D eigenvalue weighted by Gasteiger charge is 2.28. The fraction of sp³-hybridized carbons (Fsp3) is 0.786. The maximum atomic E-state index is 6.29. The first-order chi connectivity index (χ1) is 7.95. The molecule has 2 rings (SSSR count). The van der Waals surface area contributed by atoms with Crippen LogP contribution in [0.2, 0.25) is 0 Å². The molecule has 96 valence electrons. The Morgan fingerprint density at radius 2 is 1.88 bits per heavy atom. The molecule has 3 nitrogen and oxygen atoms in total. The van der Waals surface area contributed by atoms with E-state index in [1.807, 2.05) is 0 Å². The molecule has 1 aliphatic carbocycles. The normalized spacial score (nSPS) is 17.9. The van der Waals surface area contributed by atoms with Crippen LogP contribution in [0, 0.1) is 0 Å². The van der Waals surface area contributed by atoms with Crippen LogP contribution in [0.25, 0.3) is 0 Å². The standard InChI is InChI=1S/C14H25N3/c1-5-17-12(15)11(10-8-6-7-9-10)16-13(17)14(2,3)4/h10H,5-9,15H2,1-4H3. The number of nitrogen functional groups attached to an aromatic ring is 1. The van der Waals surface area contributed by atoms with E-state index in [4.69, 9.17) is 10.7 Å². The van der Waals surface area contributed by atoms with Gasteiger partial charge in [-0.1, -0.05) is 33.6 Å². The Morgan fingerprint density at radius 1 is 1.29 bits per heavy atom. The summed E-state index contributed by atoms with van der Waals surface area (Å²) in [4.78, 5) is 4.87. The van der Waals surface area contributed by atoms with Gasteiger partial charge in [0.1, 0.15) is 11.6 Å². The SMILES string of the molecule is CCn1c(C(C)(C)C)nc(C2CCCC2)c1N. The molecule has 0 radical (unpaired) electrons. The summed E-state index contributed by atoms with van der Waals surface area (Å²) in [5, 5.41) is 0.